The van der Waals surface area contributed by atoms with Gasteiger partial charge in [0.1, 0.15) is 0 Å². The summed E-state index contributed by atoms with van der Waals surface area (Å²) in [7, 11) is -2.06. The van der Waals surface area contributed by atoms with Gasteiger partial charge in [-0.15, -0.1) is 0 Å². The van der Waals surface area contributed by atoms with Gasteiger partial charge in [0.25, 0.3) is 0 Å². The Morgan fingerprint density at radius 1 is 1.29 bits per heavy atom. The third kappa shape index (κ3) is 4.95. The van der Waals surface area contributed by atoms with Crippen LogP contribution in [0.2, 0.25) is 0 Å². The number of sulfonamides is 1. The van der Waals surface area contributed by atoms with Gasteiger partial charge < -0.3 is 4.90 Å². The zero-order valence-corrected chi connectivity index (χ0v) is 13.2. The predicted octanol–water partition coefficient (Wildman–Crippen LogP) is 1.04. The van der Waals surface area contributed by atoms with Crippen LogP contribution in [0.3, 0.4) is 0 Å². The van der Waals surface area contributed by atoms with E-state index < -0.39 is 10.0 Å². The van der Waals surface area contributed by atoms with Crippen molar-refractivity contribution in [3.05, 3.63) is 29.8 Å². The van der Waals surface area contributed by atoms with Crippen LogP contribution in [0.4, 0.5) is 0 Å². The average Bonchev–Trinajstić information content (AvgIpc) is 2.46. The number of rotatable bonds is 7. The molecule has 0 aliphatic rings. The molecule has 0 aliphatic carbocycles. The smallest absolute Gasteiger partial charge is 0.240 e. The third-order valence-corrected chi connectivity index (χ3v) is 4.54. The molecule has 1 rings (SSSR count). The van der Waals surface area contributed by atoms with E-state index in [1.807, 2.05) is 6.92 Å². The van der Waals surface area contributed by atoms with E-state index in [-0.39, 0.29) is 29.6 Å². The summed E-state index contributed by atoms with van der Waals surface area (Å²) in [5, 5.41) is 0. The molecule has 1 aromatic rings. The van der Waals surface area contributed by atoms with Crippen LogP contribution in [0.1, 0.15) is 30.6 Å². The second-order valence-electron chi connectivity index (χ2n) is 4.64. The molecular weight excluding hydrogens is 292 g/mol. The Balaban J connectivity index is 2.72. The van der Waals surface area contributed by atoms with Crippen molar-refractivity contribution < 1.29 is 18.0 Å². The second-order valence-corrected chi connectivity index (χ2v) is 6.41. The summed E-state index contributed by atoms with van der Waals surface area (Å²) in [6.07, 6.45) is 0.0932. The van der Waals surface area contributed by atoms with Crippen LogP contribution < -0.4 is 4.72 Å². The summed E-state index contributed by atoms with van der Waals surface area (Å²) in [6, 6.07) is 5.81. The lowest BCUT2D eigenvalue weighted by Crippen LogP contribution is -2.32. The van der Waals surface area contributed by atoms with E-state index in [1.54, 1.807) is 13.1 Å². The highest BCUT2D eigenvalue weighted by Gasteiger charge is 2.16. The molecule has 0 atom stereocenters. The molecule has 1 aromatic carbocycles. The molecule has 0 spiro atoms. The van der Waals surface area contributed by atoms with Gasteiger partial charge in [-0.25, -0.2) is 13.1 Å². The van der Waals surface area contributed by atoms with Gasteiger partial charge in [0.05, 0.1) is 4.90 Å². The molecule has 0 unspecified atom stereocenters. The van der Waals surface area contributed by atoms with Gasteiger partial charge >= 0.3 is 0 Å². The van der Waals surface area contributed by atoms with Crippen molar-refractivity contribution in [3.63, 3.8) is 0 Å². The van der Waals surface area contributed by atoms with Crippen LogP contribution in [-0.2, 0) is 14.8 Å². The van der Waals surface area contributed by atoms with Crippen LogP contribution in [0.5, 0.6) is 0 Å². The Kier molecular flexibility index (Phi) is 6.04. The monoisotopic (exact) mass is 312 g/mol. The van der Waals surface area contributed by atoms with Crippen LogP contribution in [-0.4, -0.2) is 45.1 Å². The van der Waals surface area contributed by atoms with Gasteiger partial charge in [-0.3, -0.25) is 9.59 Å². The molecule has 0 bridgehead atoms. The number of ketones is 1. The zero-order chi connectivity index (χ0) is 16.0. The van der Waals surface area contributed by atoms with Crippen molar-refractivity contribution in [3.8, 4) is 0 Å². The fourth-order valence-electron chi connectivity index (χ4n) is 1.63. The molecule has 0 aromatic heterocycles. The summed E-state index contributed by atoms with van der Waals surface area (Å²) in [4.78, 5) is 24.4. The summed E-state index contributed by atoms with van der Waals surface area (Å²) in [6.45, 7) is 3.82. The van der Waals surface area contributed by atoms with Crippen LogP contribution in [0, 0.1) is 0 Å². The van der Waals surface area contributed by atoms with Crippen LogP contribution >= 0.6 is 0 Å². The lowest BCUT2D eigenvalue weighted by Gasteiger charge is -2.14. The first-order valence-electron chi connectivity index (χ1n) is 6.62. The SMILES string of the molecule is CCN(C)C(=O)CCNS(=O)(=O)c1cccc(C(C)=O)c1. The van der Waals surface area contributed by atoms with Crippen molar-refractivity contribution in [1.82, 2.24) is 9.62 Å². The third-order valence-electron chi connectivity index (χ3n) is 3.08. The molecule has 0 saturated carbocycles. The molecule has 116 valence electrons. The van der Waals surface area contributed by atoms with Gasteiger partial charge in [0.15, 0.2) is 5.78 Å². The van der Waals surface area contributed by atoms with Gasteiger partial charge in [-0.1, -0.05) is 12.1 Å². The number of carbonyl (C=O) groups is 2. The number of nitrogens with zero attached hydrogens (tertiary/aromatic N) is 1. The molecule has 1 amide bonds. The predicted molar refractivity (Wildman–Crippen MR) is 79.6 cm³/mol. The Morgan fingerprint density at radius 2 is 1.95 bits per heavy atom. The second kappa shape index (κ2) is 7.33. The van der Waals surface area contributed by atoms with Gasteiger partial charge in [-0.05, 0) is 26.0 Å². The number of amides is 1. The first-order valence-corrected chi connectivity index (χ1v) is 8.11. The fraction of sp³-hybridized carbons (Fsp3) is 0.429. The summed E-state index contributed by atoms with van der Waals surface area (Å²) >= 11 is 0. The normalized spacial score (nSPS) is 11.2. The van der Waals surface area contributed by atoms with Crippen molar-refractivity contribution >= 4 is 21.7 Å². The highest BCUT2D eigenvalue weighted by atomic mass is 32.2. The molecule has 7 heteroatoms. The Morgan fingerprint density at radius 3 is 2.52 bits per heavy atom. The van der Waals surface area contributed by atoms with E-state index in [9.17, 15) is 18.0 Å². The molecule has 6 nitrogen and oxygen atoms in total. The average molecular weight is 312 g/mol. The summed E-state index contributed by atoms with van der Waals surface area (Å²) in [5.41, 5.74) is 0.333. The molecule has 0 heterocycles. The highest BCUT2D eigenvalue weighted by Crippen LogP contribution is 2.12. The number of Topliss-reactive ketones (excluding diaryl/α,β-unsaturated/α-hetero) is 1. The van der Waals surface area contributed by atoms with Crippen molar-refractivity contribution in [2.75, 3.05) is 20.1 Å². The molecule has 0 saturated heterocycles. The van der Waals surface area contributed by atoms with E-state index in [2.05, 4.69) is 4.72 Å². The van der Waals surface area contributed by atoms with Crippen LogP contribution in [0.25, 0.3) is 0 Å². The number of hydrogen-bond donors (Lipinski definition) is 1. The molecule has 0 fully saturated rings. The highest BCUT2D eigenvalue weighted by molar-refractivity contribution is 7.89. The number of hydrogen-bond acceptors (Lipinski definition) is 4. The standard InChI is InChI=1S/C14H20N2O4S/c1-4-16(3)14(18)8-9-15-21(19,20)13-7-5-6-12(10-13)11(2)17/h5-7,10,15H,4,8-9H2,1-3H3. The molecule has 0 radical (unpaired) electrons. The van der Waals surface area contributed by atoms with E-state index in [0.29, 0.717) is 12.1 Å². The topological polar surface area (TPSA) is 83.6 Å². The molecule has 0 aliphatic heterocycles. The Hall–Kier alpha value is -1.73. The van der Waals surface area contributed by atoms with Gasteiger partial charge in [-0.2, -0.15) is 0 Å². The lowest BCUT2D eigenvalue weighted by molar-refractivity contribution is -0.129. The minimum Gasteiger partial charge on any atom is -0.346 e. The maximum absolute atomic E-state index is 12.1. The largest absolute Gasteiger partial charge is 0.346 e. The minimum atomic E-state index is -3.72. The molecule has 1 N–H and O–H groups in total. The van der Waals surface area contributed by atoms with Crippen molar-refractivity contribution in [1.29, 1.82) is 0 Å². The minimum absolute atomic E-state index is 0.0199. The number of carbonyl (C=O) groups excluding carboxylic acids is 2. The first-order chi connectivity index (χ1) is 9.77. The fourth-order valence-corrected chi connectivity index (χ4v) is 2.70. The van der Waals surface area contributed by atoms with Crippen molar-refractivity contribution in [2.24, 2.45) is 0 Å². The van der Waals surface area contributed by atoms with E-state index >= 15 is 0 Å². The number of benzene rings is 1. The summed E-state index contributed by atoms with van der Waals surface area (Å²) in [5.74, 6) is -0.329. The maximum Gasteiger partial charge on any atom is 0.240 e. The molecule has 21 heavy (non-hydrogen) atoms. The first kappa shape index (κ1) is 17.3. The molecular formula is C14H20N2O4S. The zero-order valence-electron chi connectivity index (χ0n) is 12.4. The van der Waals surface area contributed by atoms with Gasteiger partial charge in [0, 0.05) is 32.1 Å². The van der Waals surface area contributed by atoms with E-state index in [4.69, 9.17) is 0 Å². The maximum atomic E-state index is 12.1. The number of nitrogens with one attached hydrogen (secondary N) is 1. The Labute approximate surface area is 125 Å². The van der Waals surface area contributed by atoms with Crippen LogP contribution in [0.15, 0.2) is 29.2 Å². The summed E-state index contributed by atoms with van der Waals surface area (Å²) < 4.78 is 26.5. The van der Waals surface area contributed by atoms with Crippen molar-refractivity contribution in [2.45, 2.75) is 25.2 Å². The lowest BCUT2D eigenvalue weighted by atomic mass is 10.2. The van der Waals surface area contributed by atoms with Gasteiger partial charge in [0.2, 0.25) is 15.9 Å². The van der Waals surface area contributed by atoms with E-state index in [1.165, 1.54) is 30.0 Å². The van der Waals surface area contributed by atoms with E-state index in [0.717, 1.165) is 0 Å². The quantitative estimate of drug-likeness (QED) is 0.762. The Bertz CT molecular complexity index is 626.